The SMILES string of the molecule is CCCC(C)NC(=O)C(c1cccc(C)c1)N(CC)C(=O)C(CCSC)NC(=O)OC(C)(C)C. The monoisotopic (exact) mass is 493 g/mol. The lowest BCUT2D eigenvalue weighted by Gasteiger charge is -2.34. The maximum atomic E-state index is 13.8. The summed E-state index contributed by atoms with van der Waals surface area (Å²) in [5.41, 5.74) is 1.07. The van der Waals surface area contributed by atoms with Gasteiger partial charge in [0.1, 0.15) is 17.7 Å². The third-order valence-corrected chi connectivity index (χ3v) is 5.90. The zero-order valence-electron chi connectivity index (χ0n) is 22.1. The van der Waals surface area contributed by atoms with Crippen molar-refractivity contribution in [3.8, 4) is 0 Å². The Kier molecular flexibility index (Phi) is 12.5. The van der Waals surface area contributed by atoms with E-state index in [-0.39, 0.29) is 17.9 Å². The summed E-state index contributed by atoms with van der Waals surface area (Å²) in [6.07, 6.45) is 3.54. The quantitative estimate of drug-likeness (QED) is 0.435. The van der Waals surface area contributed by atoms with Crippen LogP contribution in [0, 0.1) is 6.92 Å². The van der Waals surface area contributed by atoms with Crippen LogP contribution in [0.5, 0.6) is 0 Å². The van der Waals surface area contributed by atoms with Crippen LogP contribution in [0.25, 0.3) is 0 Å². The highest BCUT2D eigenvalue weighted by molar-refractivity contribution is 7.98. The Morgan fingerprint density at radius 3 is 2.32 bits per heavy atom. The van der Waals surface area contributed by atoms with Crippen LogP contribution < -0.4 is 10.6 Å². The van der Waals surface area contributed by atoms with E-state index in [4.69, 9.17) is 4.74 Å². The Labute approximate surface area is 209 Å². The molecule has 192 valence electrons. The lowest BCUT2D eigenvalue weighted by Crippen LogP contribution is -2.53. The number of amides is 3. The fourth-order valence-corrected chi connectivity index (χ4v) is 4.22. The van der Waals surface area contributed by atoms with Crippen LogP contribution in [0.15, 0.2) is 24.3 Å². The Balaban J connectivity index is 3.31. The van der Waals surface area contributed by atoms with Crippen molar-refractivity contribution in [2.75, 3.05) is 18.6 Å². The summed E-state index contributed by atoms with van der Waals surface area (Å²) in [6, 6.07) is 6.05. The van der Waals surface area contributed by atoms with E-state index in [1.165, 1.54) is 0 Å². The fourth-order valence-electron chi connectivity index (χ4n) is 3.75. The molecule has 0 saturated carbocycles. The van der Waals surface area contributed by atoms with Crippen molar-refractivity contribution < 1.29 is 19.1 Å². The Hall–Kier alpha value is -2.22. The molecule has 34 heavy (non-hydrogen) atoms. The number of thioether (sulfide) groups is 1. The molecule has 1 aromatic carbocycles. The van der Waals surface area contributed by atoms with Gasteiger partial charge in [0.05, 0.1) is 0 Å². The van der Waals surface area contributed by atoms with Gasteiger partial charge < -0.3 is 20.3 Å². The molecule has 0 aliphatic heterocycles. The van der Waals surface area contributed by atoms with Gasteiger partial charge in [-0.2, -0.15) is 11.8 Å². The van der Waals surface area contributed by atoms with Crippen molar-refractivity contribution in [1.29, 1.82) is 0 Å². The van der Waals surface area contributed by atoms with Gasteiger partial charge >= 0.3 is 6.09 Å². The van der Waals surface area contributed by atoms with Crippen LogP contribution in [-0.4, -0.2) is 59.0 Å². The van der Waals surface area contributed by atoms with E-state index < -0.39 is 23.8 Å². The van der Waals surface area contributed by atoms with E-state index in [0.717, 1.165) is 24.0 Å². The van der Waals surface area contributed by atoms with Crippen molar-refractivity contribution in [2.45, 2.75) is 91.5 Å². The minimum absolute atomic E-state index is 0.00852. The lowest BCUT2D eigenvalue weighted by molar-refractivity contribution is -0.142. The van der Waals surface area contributed by atoms with Crippen molar-refractivity contribution in [2.24, 2.45) is 0 Å². The van der Waals surface area contributed by atoms with Gasteiger partial charge in [0, 0.05) is 12.6 Å². The Bertz CT molecular complexity index is 809. The minimum atomic E-state index is -0.797. The van der Waals surface area contributed by atoms with Crippen molar-refractivity contribution >= 4 is 29.7 Å². The molecule has 3 amide bonds. The summed E-state index contributed by atoms with van der Waals surface area (Å²) in [6.45, 7) is 13.5. The number of carbonyl (C=O) groups excluding carboxylic acids is 3. The molecule has 0 spiro atoms. The zero-order chi connectivity index (χ0) is 25.9. The van der Waals surface area contributed by atoms with Crippen LogP contribution in [0.2, 0.25) is 0 Å². The van der Waals surface area contributed by atoms with E-state index in [2.05, 4.69) is 17.6 Å². The summed E-state index contributed by atoms with van der Waals surface area (Å²) >= 11 is 1.59. The summed E-state index contributed by atoms with van der Waals surface area (Å²) in [4.78, 5) is 41.3. The molecule has 0 aliphatic rings. The summed E-state index contributed by atoms with van der Waals surface area (Å²) < 4.78 is 5.39. The van der Waals surface area contributed by atoms with Gasteiger partial charge in [0.15, 0.2) is 0 Å². The molecule has 1 aromatic rings. The van der Waals surface area contributed by atoms with Crippen LogP contribution in [0.4, 0.5) is 4.79 Å². The molecule has 8 heteroatoms. The number of carbonyl (C=O) groups is 3. The van der Waals surface area contributed by atoms with Crippen molar-refractivity contribution in [1.82, 2.24) is 15.5 Å². The van der Waals surface area contributed by atoms with Crippen molar-refractivity contribution in [3.63, 3.8) is 0 Å². The molecule has 7 nitrogen and oxygen atoms in total. The van der Waals surface area contributed by atoms with Crippen LogP contribution >= 0.6 is 11.8 Å². The van der Waals surface area contributed by atoms with E-state index in [0.29, 0.717) is 18.7 Å². The predicted octanol–water partition coefficient (Wildman–Crippen LogP) is 4.84. The number of benzene rings is 1. The van der Waals surface area contributed by atoms with Crippen LogP contribution in [-0.2, 0) is 14.3 Å². The van der Waals surface area contributed by atoms with Gasteiger partial charge in [0.2, 0.25) is 11.8 Å². The molecule has 0 saturated heterocycles. The number of hydrogen-bond donors (Lipinski definition) is 2. The zero-order valence-corrected chi connectivity index (χ0v) is 22.9. The Morgan fingerprint density at radius 1 is 1.12 bits per heavy atom. The van der Waals surface area contributed by atoms with E-state index in [1.807, 2.05) is 51.3 Å². The molecule has 1 rings (SSSR count). The molecule has 0 aliphatic carbocycles. The van der Waals surface area contributed by atoms with Crippen LogP contribution in [0.3, 0.4) is 0 Å². The second-order valence-corrected chi connectivity index (χ2v) is 10.6. The van der Waals surface area contributed by atoms with Gasteiger partial charge in [-0.25, -0.2) is 4.79 Å². The molecule has 2 N–H and O–H groups in total. The van der Waals surface area contributed by atoms with E-state index in [1.54, 1.807) is 37.4 Å². The molecule has 3 unspecified atom stereocenters. The van der Waals surface area contributed by atoms with Crippen molar-refractivity contribution in [3.05, 3.63) is 35.4 Å². The number of alkyl carbamates (subject to hydrolysis) is 1. The molecular formula is C26H43N3O4S. The number of hydrogen-bond acceptors (Lipinski definition) is 5. The third kappa shape index (κ3) is 9.95. The first-order valence-corrected chi connectivity index (χ1v) is 13.5. The van der Waals surface area contributed by atoms with Gasteiger partial charge in [-0.05, 0) is 72.0 Å². The lowest BCUT2D eigenvalue weighted by atomic mass is 10.00. The normalized spacial score (nSPS) is 14.0. The van der Waals surface area contributed by atoms with Gasteiger partial charge in [-0.3, -0.25) is 9.59 Å². The predicted molar refractivity (Wildman–Crippen MR) is 140 cm³/mol. The highest BCUT2D eigenvalue weighted by Crippen LogP contribution is 2.24. The Morgan fingerprint density at radius 2 is 1.79 bits per heavy atom. The minimum Gasteiger partial charge on any atom is -0.444 e. The number of nitrogens with zero attached hydrogens (tertiary/aromatic N) is 1. The van der Waals surface area contributed by atoms with Gasteiger partial charge in [-0.15, -0.1) is 0 Å². The second-order valence-electron chi connectivity index (χ2n) is 9.62. The molecular weight excluding hydrogens is 450 g/mol. The van der Waals surface area contributed by atoms with E-state index >= 15 is 0 Å². The fraction of sp³-hybridized carbons (Fsp3) is 0.654. The largest absolute Gasteiger partial charge is 0.444 e. The molecule has 0 fully saturated rings. The number of nitrogens with one attached hydrogen (secondary N) is 2. The maximum absolute atomic E-state index is 13.8. The first kappa shape index (κ1) is 29.8. The highest BCUT2D eigenvalue weighted by Gasteiger charge is 2.35. The first-order chi connectivity index (χ1) is 15.9. The average molecular weight is 494 g/mol. The summed E-state index contributed by atoms with van der Waals surface area (Å²) in [5, 5.41) is 5.82. The molecule has 0 heterocycles. The topological polar surface area (TPSA) is 87.7 Å². The molecule has 0 aromatic heterocycles. The average Bonchev–Trinajstić information content (AvgIpc) is 2.73. The number of likely N-dealkylation sites (N-methyl/N-ethyl adjacent to an activating group) is 1. The first-order valence-electron chi connectivity index (χ1n) is 12.1. The smallest absolute Gasteiger partial charge is 0.408 e. The van der Waals surface area contributed by atoms with Crippen LogP contribution in [0.1, 0.15) is 78.0 Å². The number of aryl methyl sites for hydroxylation is 1. The number of rotatable bonds is 12. The number of ether oxygens (including phenoxy) is 1. The second kappa shape index (κ2) is 14.2. The van der Waals surface area contributed by atoms with Gasteiger partial charge in [0.25, 0.3) is 0 Å². The molecule has 0 bridgehead atoms. The maximum Gasteiger partial charge on any atom is 0.408 e. The molecule has 3 atom stereocenters. The summed E-state index contributed by atoms with van der Waals surface area (Å²) in [5.74, 6) is 0.161. The summed E-state index contributed by atoms with van der Waals surface area (Å²) in [7, 11) is 0. The van der Waals surface area contributed by atoms with Gasteiger partial charge in [-0.1, -0.05) is 43.2 Å². The highest BCUT2D eigenvalue weighted by atomic mass is 32.2. The van der Waals surface area contributed by atoms with E-state index in [9.17, 15) is 14.4 Å². The molecule has 0 radical (unpaired) electrons. The standard InChI is InChI=1S/C26H43N3O4S/c1-9-12-19(4)27-23(30)22(20-14-11-13-18(3)17-20)29(10-2)24(31)21(15-16-34-8)28-25(32)33-26(5,6)7/h11,13-14,17,19,21-22H,9-10,12,15-16H2,1-8H3,(H,27,30)(H,28,32). The third-order valence-electron chi connectivity index (χ3n) is 5.25.